The lowest BCUT2D eigenvalue weighted by molar-refractivity contribution is -0.170. The van der Waals surface area contributed by atoms with Crippen LogP contribution >= 0.6 is 0 Å². The van der Waals surface area contributed by atoms with Gasteiger partial charge < -0.3 is 19.6 Å². The van der Waals surface area contributed by atoms with Crippen LogP contribution in [-0.4, -0.2) is 85.6 Å². The molecular weight excluding hydrogens is 336 g/mol. The number of likely N-dealkylation sites (tertiary alicyclic amines) is 2. The largest absolute Gasteiger partial charge is 0.481 e. The first-order valence-electron chi connectivity index (χ1n) is 7.52. The van der Waals surface area contributed by atoms with E-state index in [0.717, 1.165) is 0 Å². The fourth-order valence-corrected chi connectivity index (χ4v) is 3.39. The van der Waals surface area contributed by atoms with Crippen molar-refractivity contribution in [3.63, 3.8) is 0 Å². The van der Waals surface area contributed by atoms with E-state index < -0.39 is 42.9 Å². The lowest BCUT2D eigenvalue weighted by Gasteiger charge is -2.39. The second-order valence-corrected chi connectivity index (χ2v) is 6.51. The lowest BCUT2D eigenvalue weighted by atomic mass is 9.73. The summed E-state index contributed by atoms with van der Waals surface area (Å²) in [5, 5.41) is 9.58. The Morgan fingerprint density at radius 2 is 2.04 bits per heavy atom. The number of fused-ring (bicyclic) bond motifs is 1. The van der Waals surface area contributed by atoms with Crippen molar-refractivity contribution < 1.29 is 37.0 Å². The quantitative estimate of drug-likeness (QED) is 0.712. The van der Waals surface area contributed by atoms with Gasteiger partial charge in [0, 0.05) is 19.6 Å². The van der Waals surface area contributed by atoms with E-state index in [2.05, 4.69) is 4.74 Å². The molecule has 0 saturated carbocycles. The van der Waals surface area contributed by atoms with Crippen molar-refractivity contribution in [3.05, 3.63) is 0 Å². The first kappa shape index (κ1) is 18.9. The summed E-state index contributed by atoms with van der Waals surface area (Å²) in [7, 11) is 1.79. The van der Waals surface area contributed by atoms with Gasteiger partial charge in [-0.25, -0.2) is 8.78 Å². The zero-order valence-corrected chi connectivity index (χ0v) is 13.2. The predicted octanol–water partition coefficient (Wildman–Crippen LogP) is 0.768. The number of piperidine rings is 1. The van der Waals surface area contributed by atoms with Crippen LogP contribution in [-0.2, 0) is 14.3 Å². The molecule has 0 aromatic carbocycles. The Hall–Kier alpha value is -1.42. The maximum absolute atomic E-state index is 12.7. The number of carbonyl (C=O) groups is 2. The third-order valence-electron chi connectivity index (χ3n) is 4.72. The number of hydrogen-bond acceptors (Lipinski definition) is 4. The van der Waals surface area contributed by atoms with Crippen molar-refractivity contribution in [1.29, 1.82) is 0 Å². The van der Waals surface area contributed by atoms with E-state index >= 15 is 0 Å². The van der Waals surface area contributed by atoms with E-state index in [-0.39, 0.29) is 19.0 Å². The van der Waals surface area contributed by atoms with Gasteiger partial charge in [-0.2, -0.15) is 8.78 Å². The Bertz CT molecular complexity index is 505. The number of halogens is 4. The minimum atomic E-state index is -4.32. The van der Waals surface area contributed by atoms with Gasteiger partial charge in [-0.05, 0) is 25.9 Å². The van der Waals surface area contributed by atoms with Crippen LogP contribution in [0.2, 0.25) is 0 Å². The van der Waals surface area contributed by atoms with Crippen LogP contribution in [0, 0.1) is 11.3 Å². The summed E-state index contributed by atoms with van der Waals surface area (Å²) in [6, 6.07) is 0. The van der Waals surface area contributed by atoms with Crippen LogP contribution in [0.25, 0.3) is 0 Å². The zero-order chi connectivity index (χ0) is 18.1. The third-order valence-corrected chi connectivity index (χ3v) is 4.72. The monoisotopic (exact) mass is 356 g/mol. The number of carboxylic acid groups (broad SMARTS) is 1. The molecule has 6 nitrogen and oxygen atoms in total. The summed E-state index contributed by atoms with van der Waals surface area (Å²) in [5.74, 6) is -6.21. The number of nitrogens with zero attached hydrogens (tertiary/aromatic N) is 2. The van der Waals surface area contributed by atoms with Gasteiger partial charge >= 0.3 is 18.3 Å². The Balaban J connectivity index is 1.94. The smallest absolute Gasteiger partial charge is 0.330 e. The normalized spacial score (nSPS) is 28.2. The summed E-state index contributed by atoms with van der Waals surface area (Å²) in [6.45, 7) is -1.17. The predicted molar refractivity (Wildman–Crippen MR) is 74.0 cm³/mol. The minimum Gasteiger partial charge on any atom is -0.481 e. The van der Waals surface area contributed by atoms with E-state index in [1.807, 2.05) is 4.90 Å². The molecule has 2 aliphatic rings. The molecule has 1 unspecified atom stereocenters. The highest BCUT2D eigenvalue weighted by Gasteiger charge is 2.55. The molecule has 0 bridgehead atoms. The van der Waals surface area contributed by atoms with Gasteiger partial charge in [0.05, 0.1) is 0 Å². The summed E-state index contributed by atoms with van der Waals surface area (Å²) < 4.78 is 53.9. The van der Waals surface area contributed by atoms with E-state index in [1.165, 1.54) is 4.90 Å². The van der Waals surface area contributed by atoms with Crippen LogP contribution in [0.3, 0.4) is 0 Å². The van der Waals surface area contributed by atoms with Crippen LogP contribution in [0.5, 0.6) is 0 Å². The maximum Gasteiger partial charge on any atom is 0.330 e. The summed E-state index contributed by atoms with van der Waals surface area (Å²) in [5.41, 5.74) is -1.09. The first-order valence-corrected chi connectivity index (χ1v) is 7.52. The van der Waals surface area contributed by atoms with Gasteiger partial charge in [-0.15, -0.1) is 0 Å². The van der Waals surface area contributed by atoms with Gasteiger partial charge in [0.25, 0.3) is 0 Å². The number of rotatable bonds is 6. The van der Waals surface area contributed by atoms with Gasteiger partial charge in [-0.1, -0.05) is 0 Å². The number of carboxylic acids is 1. The molecule has 0 radical (unpaired) electrons. The number of carbonyl (C=O) groups excluding carboxylic acids is 1. The molecule has 138 valence electrons. The van der Waals surface area contributed by atoms with E-state index in [9.17, 15) is 32.3 Å². The summed E-state index contributed by atoms with van der Waals surface area (Å²) in [4.78, 5) is 26.9. The van der Waals surface area contributed by atoms with Gasteiger partial charge in [-0.3, -0.25) is 9.59 Å². The second kappa shape index (κ2) is 6.83. The SMILES string of the molecule is CN1CCC2CN(C(=O)COCC(F)(F)C(F)F)C[C@@]2(C(=O)O)C1. The summed E-state index contributed by atoms with van der Waals surface area (Å²) >= 11 is 0. The molecule has 0 aliphatic carbocycles. The van der Waals surface area contributed by atoms with Crippen molar-refractivity contribution in [2.75, 3.05) is 46.4 Å². The molecule has 2 aliphatic heterocycles. The second-order valence-electron chi connectivity index (χ2n) is 6.51. The highest BCUT2D eigenvalue weighted by molar-refractivity contribution is 5.82. The Kier molecular flexibility index (Phi) is 5.38. The van der Waals surface area contributed by atoms with E-state index in [4.69, 9.17) is 0 Å². The zero-order valence-electron chi connectivity index (χ0n) is 13.2. The van der Waals surface area contributed by atoms with Gasteiger partial charge in [0.2, 0.25) is 5.91 Å². The molecule has 2 rings (SSSR count). The molecule has 2 fully saturated rings. The molecule has 2 heterocycles. The number of ether oxygens (including phenoxy) is 1. The number of amides is 1. The first-order chi connectivity index (χ1) is 11.1. The van der Waals surface area contributed by atoms with Crippen molar-refractivity contribution >= 4 is 11.9 Å². The van der Waals surface area contributed by atoms with Gasteiger partial charge in [0.1, 0.15) is 18.6 Å². The third kappa shape index (κ3) is 3.64. The fraction of sp³-hybridized carbons (Fsp3) is 0.857. The molecule has 2 saturated heterocycles. The van der Waals surface area contributed by atoms with Crippen LogP contribution < -0.4 is 0 Å². The molecule has 2 atom stereocenters. The standard InChI is InChI=1S/C14H20F4N2O4/c1-19-3-2-9-4-20(7-13(9,6-19)12(22)23)10(21)5-24-8-14(17,18)11(15)16/h9,11H,2-8H2,1H3,(H,22,23)/t9?,13-/m0/s1. The topological polar surface area (TPSA) is 70.1 Å². The molecule has 10 heteroatoms. The molecule has 0 spiro atoms. The van der Waals surface area contributed by atoms with Crippen molar-refractivity contribution in [1.82, 2.24) is 9.80 Å². The fourth-order valence-electron chi connectivity index (χ4n) is 3.39. The average Bonchev–Trinajstić information content (AvgIpc) is 2.86. The van der Waals surface area contributed by atoms with Crippen LogP contribution in [0.15, 0.2) is 0 Å². The highest BCUT2D eigenvalue weighted by atomic mass is 19.3. The van der Waals surface area contributed by atoms with E-state index in [0.29, 0.717) is 19.5 Å². The molecule has 0 aromatic rings. The lowest BCUT2D eigenvalue weighted by Crippen LogP contribution is -2.52. The number of alkyl halides is 4. The molecule has 0 aromatic heterocycles. The maximum atomic E-state index is 12.7. The minimum absolute atomic E-state index is 0.0369. The number of hydrogen-bond donors (Lipinski definition) is 1. The Labute approximate surface area is 136 Å². The molecular formula is C14H20F4N2O4. The van der Waals surface area contributed by atoms with Crippen LogP contribution in [0.4, 0.5) is 17.6 Å². The summed E-state index contributed by atoms with van der Waals surface area (Å²) in [6.07, 6.45) is -3.26. The number of aliphatic carboxylic acids is 1. The Morgan fingerprint density at radius 3 is 2.62 bits per heavy atom. The van der Waals surface area contributed by atoms with Crippen LogP contribution in [0.1, 0.15) is 6.42 Å². The highest BCUT2D eigenvalue weighted by Crippen LogP contribution is 2.42. The molecule has 1 N–H and O–H groups in total. The van der Waals surface area contributed by atoms with Crippen molar-refractivity contribution in [2.45, 2.75) is 18.8 Å². The average molecular weight is 356 g/mol. The molecule has 24 heavy (non-hydrogen) atoms. The van der Waals surface area contributed by atoms with Crippen molar-refractivity contribution in [3.8, 4) is 0 Å². The Morgan fingerprint density at radius 1 is 1.38 bits per heavy atom. The van der Waals surface area contributed by atoms with E-state index in [1.54, 1.807) is 7.05 Å². The van der Waals surface area contributed by atoms with Gasteiger partial charge in [0.15, 0.2) is 0 Å². The van der Waals surface area contributed by atoms with Crippen molar-refractivity contribution in [2.24, 2.45) is 11.3 Å². The molecule has 1 amide bonds.